The number of benzene rings is 1. The van der Waals surface area contributed by atoms with Crippen molar-refractivity contribution in [3.63, 3.8) is 0 Å². The topological polar surface area (TPSA) is 18.5 Å². The third kappa shape index (κ3) is 4.03. The molecule has 0 N–H and O–H groups in total. The number of aryl methyl sites for hydroxylation is 1. The molecule has 0 amide bonds. The molecule has 0 heterocycles. The molecule has 0 aliphatic rings. The molecule has 0 spiro atoms. The lowest BCUT2D eigenvalue weighted by molar-refractivity contribution is 0.189. The van der Waals surface area contributed by atoms with Crippen LogP contribution in [0.5, 0.6) is 0 Å². The number of rotatable bonds is 7. The van der Waals surface area contributed by atoms with E-state index in [2.05, 4.69) is 0 Å². The van der Waals surface area contributed by atoms with Gasteiger partial charge < -0.3 is 8.85 Å². The molecule has 0 atom stereocenters. The minimum atomic E-state index is -2.51. The second kappa shape index (κ2) is 7.19. The van der Waals surface area contributed by atoms with Crippen molar-refractivity contribution in [1.29, 1.82) is 0 Å². The zero-order valence-corrected chi connectivity index (χ0v) is 12.7. The van der Waals surface area contributed by atoms with Gasteiger partial charge in [0, 0.05) is 13.2 Å². The van der Waals surface area contributed by atoms with Crippen LogP contribution < -0.4 is 0 Å². The van der Waals surface area contributed by atoms with Crippen molar-refractivity contribution in [1.82, 2.24) is 0 Å². The summed E-state index contributed by atoms with van der Waals surface area (Å²) in [6, 6.07) is 1.01. The zero-order valence-electron chi connectivity index (χ0n) is 11.7. The van der Waals surface area contributed by atoms with Crippen molar-refractivity contribution < 1.29 is 26.4 Å². The number of hydrogen-bond donors (Lipinski definition) is 0. The first-order chi connectivity index (χ1) is 9.34. The highest BCUT2D eigenvalue weighted by Crippen LogP contribution is 2.23. The van der Waals surface area contributed by atoms with E-state index in [4.69, 9.17) is 8.85 Å². The maximum absolute atomic E-state index is 13.5. The molecule has 0 radical (unpaired) electrons. The molecule has 0 aromatic heterocycles. The molecule has 1 rings (SSSR count). The maximum atomic E-state index is 13.5. The van der Waals surface area contributed by atoms with Crippen LogP contribution in [0.4, 0.5) is 17.6 Å². The summed E-state index contributed by atoms with van der Waals surface area (Å²) >= 11 is 0. The third-order valence-corrected chi connectivity index (χ3v) is 5.88. The predicted molar refractivity (Wildman–Crippen MR) is 69.7 cm³/mol. The molecule has 0 aliphatic carbocycles. The Labute approximate surface area is 117 Å². The van der Waals surface area contributed by atoms with Gasteiger partial charge in [-0.1, -0.05) is 0 Å². The van der Waals surface area contributed by atoms with E-state index in [0.717, 1.165) is 0 Å². The molecule has 1 aromatic carbocycles. The standard InChI is InChI=1S/C13H18F4O2Si/c1-4-18-20(3,19-5-2)7-6-9-8-10(14)12(16)13(17)11(9)15/h8H,4-7H2,1-3H3. The van der Waals surface area contributed by atoms with Crippen LogP contribution in [0.2, 0.25) is 12.6 Å². The molecule has 2 nitrogen and oxygen atoms in total. The van der Waals surface area contributed by atoms with Gasteiger partial charge in [0.1, 0.15) is 0 Å². The molecular formula is C13H18F4O2Si. The van der Waals surface area contributed by atoms with Crippen molar-refractivity contribution in [3.05, 3.63) is 34.9 Å². The second-order valence-electron chi connectivity index (χ2n) is 4.46. The number of halogens is 4. The quantitative estimate of drug-likeness (QED) is 0.329. The Morgan fingerprint density at radius 1 is 0.950 bits per heavy atom. The van der Waals surface area contributed by atoms with Gasteiger partial charge in [0.05, 0.1) is 0 Å². The third-order valence-electron chi connectivity index (χ3n) is 2.93. The molecule has 0 fully saturated rings. The normalized spacial score (nSPS) is 11.9. The SMILES string of the molecule is CCO[Si](C)(CCc1cc(F)c(F)c(F)c1F)OCC. The molecule has 0 saturated carbocycles. The van der Waals surface area contributed by atoms with Crippen LogP contribution in [-0.2, 0) is 15.3 Å². The lowest BCUT2D eigenvalue weighted by atomic mass is 10.1. The lowest BCUT2D eigenvalue weighted by Gasteiger charge is -2.26. The highest BCUT2D eigenvalue weighted by Gasteiger charge is 2.31. The van der Waals surface area contributed by atoms with Gasteiger partial charge in [-0.05, 0) is 44.5 Å². The van der Waals surface area contributed by atoms with E-state index in [1.54, 1.807) is 6.55 Å². The molecule has 0 unspecified atom stereocenters. The Kier molecular flexibility index (Phi) is 6.16. The molecule has 7 heteroatoms. The second-order valence-corrected chi connectivity index (χ2v) is 7.80. The summed E-state index contributed by atoms with van der Waals surface area (Å²) in [5.74, 6) is -6.32. The fourth-order valence-electron chi connectivity index (χ4n) is 1.96. The summed E-state index contributed by atoms with van der Waals surface area (Å²) in [6.07, 6.45) is 0.0304. The molecule has 114 valence electrons. The van der Waals surface area contributed by atoms with Gasteiger partial charge in [0.25, 0.3) is 0 Å². The smallest absolute Gasteiger partial charge is 0.335 e. The van der Waals surface area contributed by atoms with Crippen LogP contribution in [0.3, 0.4) is 0 Å². The van der Waals surface area contributed by atoms with Crippen molar-refractivity contribution >= 4 is 8.56 Å². The van der Waals surface area contributed by atoms with E-state index in [1.807, 2.05) is 13.8 Å². The van der Waals surface area contributed by atoms with E-state index in [1.165, 1.54) is 0 Å². The Morgan fingerprint density at radius 2 is 1.50 bits per heavy atom. The van der Waals surface area contributed by atoms with Crippen molar-refractivity contribution in [2.45, 2.75) is 32.9 Å². The van der Waals surface area contributed by atoms with Gasteiger partial charge in [0.15, 0.2) is 23.3 Å². The maximum Gasteiger partial charge on any atom is 0.335 e. The Hall–Kier alpha value is -0.923. The fraction of sp³-hybridized carbons (Fsp3) is 0.538. The lowest BCUT2D eigenvalue weighted by Crippen LogP contribution is -2.39. The monoisotopic (exact) mass is 310 g/mol. The summed E-state index contributed by atoms with van der Waals surface area (Å²) in [7, 11) is -2.51. The van der Waals surface area contributed by atoms with E-state index in [0.29, 0.717) is 25.3 Å². The van der Waals surface area contributed by atoms with E-state index >= 15 is 0 Å². The molecule has 0 bridgehead atoms. The first-order valence-electron chi connectivity index (χ1n) is 6.44. The Bertz CT molecular complexity index is 462. The summed E-state index contributed by atoms with van der Waals surface area (Å²) in [6.45, 7) is 6.30. The van der Waals surface area contributed by atoms with Crippen LogP contribution >= 0.6 is 0 Å². The van der Waals surface area contributed by atoms with Gasteiger partial charge in [0.2, 0.25) is 0 Å². The van der Waals surface area contributed by atoms with E-state index < -0.39 is 31.8 Å². The van der Waals surface area contributed by atoms with Crippen LogP contribution in [0, 0.1) is 23.3 Å². The van der Waals surface area contributed by atoms with Gasteiger partial charge in [-0.2, -0.15) is 0 Å². The first kappa shape index (κ1) is 17.1. The Morgan fingerprint density at radius 3 is 2.00 bits per heavy atom. The molecule has 0 aliphatic heterocycles. The fourth-order valence-corrected chi connectivity index (χ4v) is 4.28. The average Bonchev–Trinajstić information content (AvgIpc) is 2.40. The van der Waals surface area contributed by atoms with Crippen LogP contribution in [0.15, 0.2) is 6.07 Å². The molecular weight excluding hydrogens is 292 g/mol. The van der Waals surface area contributed by atoms with Gasteiger partial charge in [-0.3, -0.25) is 0 Å². The largest absolute Gasteiger partial charge is 0.395 e. The Balaban J connectivity index is 2.88. The van der Waals surface area contributed by atoms with E-state index in [-0.39, 0.29) is 12.0 Å². The molecule has 1 aromatic rings. The minimum Gasteiger partial charge on any atom is -0.395 e. The predicted octanol–water partition coefficient (Wildman–Crippen LogP) is 3.93. The molecule has 0 saturated heterocycles. The summed E-state index contributed by atoms with van der Waals surface area (Å²) in [5, 5.41) is 0. The average molecular weight is 310 g/mol. The van der Waals surface area contributed by atoms with Crippen LogP contribution in [-0.4, -0.2) is 21.8 Å². The van der Waals surface area contributed by atoms with Crippen LogP contribution in [0.1, 0.15) is 19.4 Å². The molecule has 20 heavy (non-hydrogen) atoms. The van der Waals surface area contributed by atoms with Gasteiger partial charge in [-0.25, -0.2) is 17.6 Å². The summed E-state index contributed by atoms with van der Waals surface area (Å²) in [4.78, 5) is 0. The summed E-state index contributed by atoms with van der Waals surface area (Å²) < 4.78 is 63.7. The van der Waals surface area contributed by atoms with Gasteiger partial charge in [-0.15, -0.1) is 0 Å². The van der Waals surface area contributed by atoms with Gasteiger partial charge >= 0.3 is 8.56 Å². The van der Waals surface area contributed by atoms with Crippen molar-refractivity contribution in [2.75, 3.05) is 13.2 Å². The van der Waals surface area contributed by atoms with E-state index in [9.17, 15) is 17.6 Å². The summed E-state index contributed by atoms with van der Waals surface area (Å²) in [5.41, 5.74) is -0.209. The van der Waals surface area contributed by atoms with Crippen LogP contribution in [0.25, 0.3) is 0 Å². The van der Waals surface area contributed by atoms with Crippen molar-refractivity contribution in [2.24, 2.45) is 0 Å². The minimum absolute atomic E-state index is 0.0304. The highest BCUT2D eigenvalue weighted by atomic mass is 28.4. The zero-order chi connectivity index (χ0) is 15.3. The first-order valence-corrected chi connectivity index (χ1v) is 8.96. The highest BCUT2D eigenvalue weighted by molar-refractivity contribution is 6.66. The van der Waals surface area contributed by atoms with Crippen molar-refractivity contribution in [3.8, 4) is 0 Å². The number of hydrogen-bond acceptors (Lipinski definition) is 2.